The molecule has 0 saturated carbocycles. The predicted octanol–water partition coefficient (Wildman–Crippen LogP) is 7.75. The van der Waals surface area contributed by atoms with Crippen molar-refractivity contribution in [3.63, 3.8) is 0 Å². The molecule has 0 saturated heterocycles. The van der Waals surface area contributed by atoms with E-state index >= 15 is 4.39 Å². The van der Waals surface area contributed by atoms with Crippen LogP contribution in [0.5, 0.6) is 0 Å². The number of hydrogen-bond donors (Lipinski definition) is 0. The zero-order valence-corrected chi connectivity index (χ0v) is 17.2. The Kier molecular flexibility index (Phi) is 3.95. The number of nitrogens with zero attached hydrogens (tertiary/aromatic N) is 1. The molecular formula is C27H22FNO. The lowest BCUT2D eigenvalue weighted by Crippen LogP contribution is -2.11. The maximum Gasteiger partial charge on any atom is 0.146 e. The number of hydrogen-bond acceptors (Lipinski definition) is 2. The van der Waals surface area contributed by atoms with Gasteiger partial charge in [-0.05, 0) is 46.9 Å². The van der Waals surface area contributed by atoms with E-state index in [2.05, 4.69) is 31.8 Å². The van der Waals surface area contributed by atoms with Gasteiger partial charge < -0.3 is 4.42 Å². The summed E-state index contributed by atoms with van der Waals surface area (Å²) >= 11 is 0. The third kappa shape index (κ3) is 2.89. The van der Waals surface area contributed by atoms with Gasteiger partial charge in [0.2, 0.25) is 0 Å². The molecule has 5 rings (SSSR count). The Morgan fingerprint density at radius 3 is 2.43 bits per heavy atom. The molecular weight excluding hydrogens is 373 g/mol. The minimum absolute atomic E-state index is 0.139. The molecule has 3 aromatic carbocycles. The first-order valence-electron chi connectivity index (χ1n) is 10.5. The molecule has 2 nitrogen and oxygen atoms in total. The van der Waals surface area contributed by atoms with Gasteiger partial charge in [0.25, 0.3) is 0 Å². The van der Waals surface area contributed by atoms with Crippen LogP contribution >= 0.6 is 0 Å². The van der Waals surface area contributed by atoms with E-state index in [1.165, 1.54) is 6.07 Å². The monoisotopic (exact) mass is 396 g/mol. The minimum atomic E-state index is -0.317. The lowest BCUT2D eigenvalue weighted by molar-refractivity contribution is 0.594. The van der Waals surface area contributed by atoms with E-state index in [0.29, 0.717) is 28.5 Å². The summed E-state index contributed by atoms with van der Waals surface area (Å²) in [6.45, 7) is 6.47. The molecule has 0 amide bonds. The number of aromatic nitrogens is 1. The average Bonchev–Trinajstić information content (AvgIpc) is 3.12. The predicted molar refractivity (Wildman–Crippen MR) is 121 cm³/mol. The average molecular weight is 396 g/mol. The fraction of sp³-hybridized carbons (Fsp3) is 0.148. The van der Waals surface area contributed by atoms with E-state index in [1.807, 2.05) is 36.4 Å². The Labute approximate surface area is 176 Å². The van der Waals surface area contributed by atoms with E-state index in [9.17, 15) is 0 Å². The molecule has 0 radical (unpaired) electrons. The van der Waals surface area contributed by atoms with Crippen molar-refractivity contribution in [1.29, 1.82) is 0 Å². The molecule has 148 valence electrons. The van der Waals surface area contributed by atoms with Gasteiger partial charge in [0.1, 0.15) is 17.0 Å². The number of benzene rings is 3. The molecule has 30 heavy (non-hydrogen) atoms. The van der Waals surface area contributed by atoms with Gasteiger partial charge in [-0.3, -0.25) is 4.98 Å². The highest BCUT2D eigenvalue weighted by Crippen LogP contribution is 2.44. The van der Waals surface area contributed by atoms with Crippen molar-refractivity contribution in [2.24, 2.45) is 0 Å². The van der Waals surface area contributed by atoms with Crippen LogP contribution in [0.15, 0.2) is 83.4 Å². The lowest BCUT2D eigenvalue weighted by atomic mass is 9.83. The number of furan rings is 1. The van der Waals surface area contributed by atoms with Crippen LogP contribution in [0, 0.1) is 5.82 Å². The molecule has 0 aliphatic heterocycles. The van der Waals surface area contributed by atoms with Gasteiger partial charge >= 0.3 is 0 Å². The molecule has 2 heterocycles. The van der Waals surface area contributed by atoms with Gasteiger partial charge in [-0.15, -0.1) is 0 Å². The first kappa shape index (κ1) is 17.4. The molecule has 0 N–H and O–H groups in total. The summed E-state index contributed by atoms with van der Waals surface area (Å²) in [5, 5.41) is 1.85. The van der Waals surface area contributed by atoms with Gasteiger partial charge in [-0.2, -0.15) is 0 Å². The van der Waals surface area contributed by atoms with Gasteiger partial charge in [0, 0.05) is 22.5 Å². The van der Waals surface area contributed by atoms with Gasteiger partial charge in [-0.1, -0.05) is 63.2 Å². The van der Waals surface area contributed by atoms with Crippen LogP contribution in [0.4, 0.5) is 4.39 Å². The summed E-state index contributed by atoms with van der Waals surface area (Å²) in [5.74, 6) is -0.317. The molecule has 0 unspecified atom stereocenters. The normalized spacial score (nSPS) is 12.5. The molecule has 0 aliphatic carbocycles. The van der Waals surface area contributed by atoms with Crippen molar-refractivity contribution in [2.45, 2.75) is 26.2 Å². The van der Waals surface area contributed by atoms with Crippen LogP contribution < -0.4 is 0 Å². The van der Waals surface area contributed by atoms with E-state index in [0.717, 1.165) is 27.5 Å². The lowest BCUT2D eigenvalue weighted by Gasteiger charge is -2.21. The number of halogens is 1. The third-order valence-corrected chi connectivity index (χ3v) is 5.49. The van der Waals surface area contributed by atoms with Crippen molar-refractivity contribution in [3.8, 4) is 22.4 Å². The van der Waals surface area contributed by atoms with E-state index in [-0.39, 0.29) is 11.2 Å². The van der Waals surface area contributed by atoms with Crippen molar-refractivity contribution < 1.29 is 10.2 Å². The van der Waals surface area contributed by atoms with Gasteiger partial charge in [-0.25, -0.2) is 4.39 Å². The molecule has 0 fully saturated rings. The molecule has 0 atom stereocenters. The van der Waals surface area contributed by atoms with Crippen LogP contribution in [0.1, 0.15) is 27.7 Å². The van der Waals surface area contributed by atoms with Gasteiger partial charge in [0.05, 0.1) is 12.6 Å². The largest absolute Gasteiger partial charge is 0.455 e. The van der Waals surface area contributed by atoms with Crippen molar-refractivity contribution in [1.82, 2.24) is 4.98 Å². The van der Waals surface area contributed by atoms with Crippen molar-refractivity contribution in [3.05, 3.63) is 90.3 Å². The van der Waals surface area contributed by atoms with E-state index in [1.54, 1.807) is 24.4 Å². The second-order valence-corrected chi connectivity index (χ2v) is 8.52. The fourth-order valence-electron chi connectivity index (χ4n) is 4.09. The highest BCUT2D eigenvalue weighted by atomic mass is 19.1. The topological polar surface area (TPSA) is 26.0 Å². The number of fused-ring (bicyclic) bond motifs is 3. The Bertz CT molecular complexity index is 1430. The standard InChI is InChI=1S/C27H22FNO/c1-27(2,3)20-14-12-18(22-11-7-8-16-29-22)25-24(20)19-13-15-21(28)23(26(19)30-25)17-9-5-4-6-10-17/h4-16H,1-3H3/i7D. The molecule has 5 aromatic rings. The summed E-state index contributed by atoms with van der Waals surface area (Å²) < 4.78 is 29.5. The summed E-state index contributed by atoms with van der Waals surface area (Å²) in [4.78, 5) is 4.47. The highest BCUT2D eigenvalue weighted by Gasteiger charge is 2.25. The fourth-order valence-corrected chi connectivity index (χ4v) is 4.09. The second kappa shape index (κ2) is 6.81. The van der Waals surface area contributed by atoms with Crippen LogP contribution in [0.25, 0.3) is 44.3 Å². The third-order valence-electron chi connectivity index (χ3n) is 5.49. The van der Waals surface area contributed by atoms with Crippen LogP contribution in [0.2, 0.25) is 0 Å². The zero-order chi connectivity index (χ0) is 21.8. The zero-order valence-electron chi connectivity index (χ0n) is 18.2. The molecule has 0 spiro atoms. The Morgan fingerprint density at radius 1 is 0.900 bits per heavy atom. The highest BCUT2D eigenvalue weighted by molar-refractivity contribution is 6.14. The van der Waals surface area contributed by atoms with Gasteiger partial charge in [0.15, 0.2) is 0 Å². The van der Waals surface area contributed by atoms with Crippen molar-refractivity contribution in [2.75, 3.05) is 0 Å². The number of rotatable bonds is 2. The summed E-state index contributed by atoms with van der Waals surface area (Å²) in [6, 6.07) is 20.6. The Morgan fingerprint density at radius 2 is 1.70 bits per heavy atom. The Balaban J connectivity index is 1.95. The molecule has 3 heteroatoms. The summed E-state index contributed by atoms with van der Waals surface area (Å²) in [6.07, 6.45) is 1.62. The van der Waals surface area contributed by atoms with E-state index in [4.69, 9.17) is 5.79 Å². The SMILES string of the molecule is [2H]c1ccnc(-c2ccc(C(C)(C)C)c3c2oc2c(-c4ccccc4)c(F)ccc23)c1. The molecule has 2 aromatic heterocycles. The molecule has 0 aliphatic rings. The summed E-state index contributed by atoms with van der Waals surface area (Å²) in [5.41, 5.74) is 4.88. The smallest absolute Gasteiger partial charge is 0.146 e. The first-order chi connectivity index (χ1) is 14.8. The van der Waals surface area contributed by atoms with Crippen LogP contribution in [-0.4, -0.2) is 4.98 Å². The maximum absolute atomic E-state index is 15.0. The first-order valence-corrected chi connectivity index (χ1v) is 10.0. The number of pyridine rings is 1. The molecule has 0 bridgehead atoms. The van der Waals surface area contributed by atoms with Crippen LogP contribution in [-0.2, 0) is 5.41 Å². The maximum atomic E-state index is 15.0. The summed E-state index contributed by atoms with van der Waals surface area (Å²) in [7, 11) is 0. The quantitative estimate of drug-likeness (QED) is 0.305. The van der Waals surface area contributed by atoms with Crippen LogP contribution in [0.3, 0.4) is 0 Å². The minimum Gasteiger partial charge on any atom is -0.455 e. The van der Waals surface area contributed by atoms with E-state index < -0.39 is 0 Å². The Hall–Kier alpha value is -3.46. The van der Waals surface area contributed by atoms with Crippen molar-refractivity contribution >= 4 is 21.9 Å². The second-order valence-electron chi connectivity index (χ2n) is 8.52.